The molecule has 0 heterocycles. The van der Waals surface area contributed by atoms with E-state index in [1.54, 1.807) is 0 Å². The molecule has 0 aromatic carbocycles. The van der Waals surface area contributed by atoms with Gasteiger partial charge in [-0.25, -0.2) is 0 Å². The van der Waals surface area contributed by atoms with Crippen molar-refractivity contribution in [2.75, 3.05) is 6.61 Å². The molecule has 3 nitrogen and oxygen atoms in total. The fourth-order valence-electron chi connectivity index (χ4n) is 3.10. The van der Waals surface area contributed by atoms with Gasteiger partial charge in [-0.2, -0.15) is 0 Å². The first-order valence-corrected chi connectivity index (χ1v) is 10.1. The highest BCUT2D eigenvalue weighted by atomic mass is 28.4. The Balaban J connectivity index is 1.88. The molecule has 2 fully saturated rings. The maximum absolute atomic E-state index is 11.7. The van der Waals surface area contributed by atoms with Crippen LogP contribution >= 0.6 is 0 Å². The number of hydrogen-bond donors (Lipinski definition) is 0. The number of fused-ring (bicyclic) bond motifs is 1. The summed E-state index contributed by atoms with van der Waals surface area (Å²) >= 11 is 0. The average Bonchev–Trinajstić information content (AvgIpc) is 2.87. The van der Waals surface area contributed by atoms with E-state index in [0.717, 1.165) is 25.7 Å². The molecular formula is C13H24O3Si. The molecule has 0 aromatic heterocycles. The summed E-state index contributed by atoms with van der Waals surface area (Å²) in [5, 5.41) is 0. The van der Waals surface area contributed by atoms with Crippen LogP contribution in [0.1, 0.15) is 32.6 Å². The molecule has 0 saturated heterocycles. The second-order valence-corrected chi connectivity index (χ2v) is 10.8. The molecule has 0 aliphatic heterocycles. The van der Waals surface area contributed by atoms with Crippen LogP contribution < -0.4 is 0 Å². The van der Waals surface area contributed by atoms with E-state index in [4.69, 9.17) is 9.16 Å². The topological polar surface area (TPSA) is 35.5 Å². The van der Waals surface area contributed by atoms with Gasteiger partial charge in [0.15, 0.2) is 8.32 Å². The zero-order valence-electron chi connectivity index (χ0n) is 11.4. The SMILES string of the molecule is CCOC(=O)C1CCC2(O[Si](C)(C)C)CC2C1. The van der Waals surface area contributed by atoms with Crippen molar-refractivity contribution in [3.05, 3.63) is 0 Å². The van der Waals surface area contributed by atoms with Crippen molar-refractivity contribution >= 4 is 14.3 Å². The predicted molar refractivity (Wildman–Crippen MR) is 69.2 cm³/mol. The first-order valence-electron chi connectivity index (χ1n) is 6.73. The minimum absolute atomic E-state index is 0.000929. The molecule has 17 heavy (non-hydrogen) atoms. The Kier molecular flexibility index (Phi) is 3.38. The van der Waals surface area contributed by atoms with Crippen LogP contribution in [0.2, 0.25) is 19.6 Å². The van der Waals surface area contributed by atoms with Gasteiger partial charge in [-0.15, -0.1) is 0 Å². The molecule has 0 spiro atoms. The highest BCUT2D eigenvalue weighted by Gasteiger charge is 2.60. The fraction of sp³-hybridized carbons (Fsp3) is 0.923. The molecule has 2 aliphatic carbocycles. The van der Waals surface area contributed by atoms with E-state index >= 15 is 0 Å². The first kappa shape index (κ1) is 13.1. The van der Waals surface area contributed by atoms with Gasteiger partial charge in [0.05, 0.1) is 18.1 Å². The fourth-order valence-corrected chi connectivity index (χ4v) is 4.67. The lowest BCUT2D eigenvalue weighted by Crippen LogP contribution is -2.38. The maximum atomic E-state index is 11.7. The zero-order valence-corrected chi connectivity index (χ0v) is 12.4. The van der Waals surface area contributed by atoms with E-state index < -0.39 is 8.32 Å². The van der Waals surface area contributed by atoms with Gasteiger partial charge in [0, 0.05) is 0 Å². The summed E-state index contributed by atoms with van der Waals surface area (Å²) in [6, 6.07) is 0. The van der Waals surface area contributed by atoms with E-state index in [9.17, 15) is 4.79 Å². The van der Waals surface area contributed by atoms with Gasteiger partial charge >= 0.3 is 5.97 Å². The summed E-state index contributed by atoms with van der Waals surface area (Å²) in [5.74, 6) is 0.735. The minimum atomic E-state index is -1.46. The average molecular weight is 256 g/mol. The van der Waals surface area contributed by atoms with Crippen LogP contribution in [0.25, 0.3) is 0 Å². The molecule has 0 N–H and O–H groups in total. The largest absolute Gasteiger partial charge is 0.466 e. The molecule has 4 heteroatoms. The number of ether oxygens (including phenoxy) is 1. The van der Waals surface area contributed by atoms with E-state index in [-0.39, 0.29) is 17.5 Å². The molecule has 0 amide bonds. The third-order valence-corrected chi connectivity index (χ3v) is 4.81. The highest BCUT2D eigenvalue weighted by molar-refractivity contribution is 6.69. The Bertz CT molecular complexity index is 310. The number of carbonyl (C=O) groups excluding carboxylic acids is 1. The summed E-state index contributed by atoms with van der Waals surface area (Å²) in [6.45, 7) is 9.10. The van der Waals surface area contributed by atoms with Crippen molar-refractivity contribution in [1.82, 2.24) is 0 Å². The predicted octanol–water partition coefficient (Wildman–Crippen LogP) is 2.96. The van der Waals surface area contributed by atoms with E-state index in [2.05, 4.69) is 19.6 Å². The lowest BCUT2D eigenvalue weighted by atomic mass is 9.87. The van der Waals surface area contributed by atoms with E-state index in [0.29, 0.717) is 12.5 Å². The van der Waals surface area contributed by atoms with E-state index in [1.807, 2.05) is 6.92 Å². The van der Waals surface area contributed by atoms with Crippen LogP contribution in [0.5, 0.6) is 0 Å². The molecule has 3 atom stereocenters. The van der Waals surface area contributed by atoms with Gasteiger partial charge in [-0.1, -0.05) is 0 Å². The third kappa shape index (κ3) is 2.91. The van der Waals surface area contributed by atoms with Gasteiger partial charge in [0.2, 0.25) is 0 Å². The van der Waals surface area contributed by atoms with Crippen molar-refractivity contribution in [1.29, 1.82) is 0 Å². The molecule has 0 radical (unpaired) electrons. The molecule has 0 aromatic rings. The van der Waals surface area contributed by atoms with Gasteiger partial charge in [-0.05, 0) is 58.2 Å². The molecular weight excluding hydrogens is 232 g/mol. The summed E-state index contributed by atoms with van der Waals surface area (Å²) in [5.41, 5.74) is 0.146. The lowest BCUT2D eigenvalue weighted by Gasteiger charge is -2.32. The van der Waals surface area contributed by atoms with Crippen molar-refractivity contribution in [3.8, 4) is 0 Å². The molecule has 2 aliphatic rings. The summed E-state index contributed by atoms with van der Waals surface area (Å²) in [4.78, 5) is 11.7. The molecule has 98 valence electrons. The monoisotopic (exact) mass is 256 g/mol. The van der Waals surface area contributed by atoms with Crippen LogP contribution in [-0.2, 0) is 14.0 Å². The number of carbonyl (C=O) groups is 1. The Hall–Kier alpha value is -0.353. The Morgan fingerprint density at radius 1 is 1.41 bits per heavy atom. The number of esters is 1. The molecule has 0 bridgehead atoms. The van der Waals surface area contributed by atoms with Gasteiger partial charge < -0.3 is 9.16 Å². The normalized spacial score (nSPS) is 36.2. The summed E-state index contributed by atoms with van der Waals surface area (Å²) in [6.07, 6.45) is 4.13. The van der Waals surface area contributed by atoms with Gasteiger partial charge in [0.1, 0.15) is 0 Å². The van der Waals surface area contributed by atoms with Crippen LogP contribution in [0.3, 0.4) is 0 Å². The second kappa shape index (κ2) is 4.39. The standard InChI is InChI=1S/C13H24O3Si/c1-5-15-12(14)10-6-7-13(9-11(13)8-10)16-17(2,3)4/h10-11H,5-9H2,1-4H3. The van der Waals surface area contributed by atoms with Crippen molar-refractivity contribution in [2.24, 2.45) is 11.8 Å². The zero-order chi connectivity index (χ0) is 12.7. The maximum Gasteiger partial charge on any atom is 0.308 e. The van der Waals surface area contributed by atoms with Crippen LogP contribution in [-0.4, -0.2) is 26.5 Å². The minimum Gasteiger partial charge on any atom is -0.466 e. The van der Waals surface area contributed by atoms with Crippen LogP contribution in [0, 0.1) is 11.8 Å². The molecule has 2 rings (SSSR count). The first-order chi connectivity index (χ1) is 7.86. The smallest absolute Gasteiger partial charge is 0.308 e. The number of rotatable bonds is 4. The Morgan fingerprint density at radius 2 is 2.12 bits per heavy atom. The van der Waals surface area contributed by atoms with Crippen molar-refractivity contribution in [3.63, 3.8) is 0 Å². The van der Waals surface area contributed by atoms with Gasteiger partial charge in [0.25, 0.3) is 0 Å². The summed E-state index contributed by atoms with van der Waals surface area (Å²) in [7, 11) is -1.46. The second-order valence-electron chi connectivity index (χ2n) is 6.40. The Morgan fingerprint density at radius 3 is 2.65 bits per heavy atom. The van der Waals surface area contributed by atoms with Crippen molar-refractivity contribution in [2.45, 2.75) is 57.8 Å². The van der Waals surface area contributed by atoms with Crippen LogP contribution in [0.15, 0.2) is 0 Å². The number of hydrogen-bond acceptors (Lipinski definition) is 3. The lowest BCUT2D eigenvalue weighted by molar-refractivity contribution is -0.149. The Labute approximate surface area is 105 Å². The summed E-state index contributed by atoms with van der Waals surface area (Å²) < 4.78 is 11.4. The highest BCUT2D eigenvalue weighted by Crippen LogP contribution is 2.58. The molecule has 2 saturated carbocycles. The van der Waals surface area contributed by atoms with Crippen molar-refractivity contribution < 1.29 is 14.0 Å². The van der Waals surface area contributed by atoms with Gasteiger partial charge in [-0.3, -0.25) is 4.79 Å². The third-order valence-electron chi connectivity index (χ3n) is 3.79. The quantitative estimate of drug-likeness (QED) is 0.573. The van der Waals surface area contributed by atoms with Crippen LogP contribution in [0.4, 0.5) is 0 Å². The molecule has 3 unspecified atom stereocenters. The van der Waals surface area contributed by atoms with E-state index in [1.165, 1.54) is 0 Å².